The van der Waals surface area contributed by atoms with E-state index < -0.39 is 0 Å². The molecule has 0 spiro atoms. The fourth-order valence-electron chi connectivity index (χ4n) is 3.03. The van der Waals surface area contributed by atoms with Crippen molar-refractivity contribution in [2.45, 2.75) is 32.2 Å². The van der Waals surface area contributed by atoms with Crippen LogP contribution in [0.4, 0.5) is 5.69 Å². The molecule has 23 heavy (non-hydrogen) atoms. The fourth-order valence-corrected chi connectivity index (χ4v) is 3.03. The fraction of sp³-hybridized carbons (Fsp3) is 0.316. The topological polar surface area (TPSA) is 64.3 Å². The van der Waals surface area contributed by atoms with Crippen LogP contribution in [0.3, 0.4) is 0 Å². The molecule has 0 bridgehead atoms. The molecule has 3 N–H and O–H groups in total. The molecule has 0 radical (unpaired) electrons. The van der Waals surface area contributed by atoms with Crippen LogP contribution in [0.25, 0.3) is 0 Å². The molecule has 1 unspecified atom stereocenters. The number of anilines is 1. The van der Waals surface area contributed by atoms with Crippen LogP contribution in [0.15, 0.2) is 36.4 Å². The van der Waals surface area contributed by atoms with Crippen molar-refractivity contribution in [3.8, 4) is 5.75 Å². The van der Waals surface area contributed by atoms with Crippen LogP contribution < -0.4 is 15.8 Å². The zero-order chi connectivity index (χ0) is 16.4. The number of methoxy groups -OCH3 is 1. The van der Waals surface area contributed by atoms with Gasteiger partial charge >= 0.3 is 0 Å². The summed E-state index contributed by atoms with van der Waals surface area (Å²) < 4.78 is 5.20. The van der Waals surface area contributed by atoms with E-state index in [1.165, 1.54) is 11.1 Å². The molecule has 0 aromatic heterocycles. The quantitative estimate of drug-likeness (QED) is 0.911. The Morgan fingerprint density at radius 3 is 2.61 bits per heavy atom. The van der Waals surface area contributed by atoms with Crippen molar-refractivity contribution >= 4 is 11.6 Å². The number of carbonyl (C=O) groups excluding carboxylic acids is 1. The number of hydrogen-bond donors (Lipinski definition) is 2. The zero-order valence-corrected chi connectivity index (χ0v) is 13.6. The van der Waals surface area contributed by atoms with Crippen LogP contribution in [0, 0.1) is 0 Å². The number of fused-ring (bicyclic) bond motifs is 1. The molecule has 0 saturated carbocycles. The molecule has 120 valence electrons. The number of benzene rings is 2. The summed E-state index contributed by atoms with van der Waals surface area (Å²) in [6, 6.07) is 11.8. The van der Waals surface area contributed by atoms with Gasteiger partial charge in [0.25, 0.3) is 0 Å². The van der Waals surface area contributed by atoms with Gasteiger partial charge in [0, 0.05) is 12.1 Å². The molecule has 1 amide bonds. The van der Waals surface area contributed by atoms with Crippen molar-refractivity contribution in [2.24, 2.45) is 5.73 Å². The summed E-state index contributed by atoms with van der Waals surface area (Å²) in [5, 5.41) is 3.01. The second-order valence-electron chi connectivity index (χ2n) is 5.87. The predicted octanol–water partition coefficient (Wildman–Crippen LogP) is 3.19. The number of hydrogen-bond acceptors (Lipinski definition) is 3. The number of nitrogens with one attached hydrogen (secondary N) is 1. The third-order valence-electron chi connectivity index (χ3n) is 4.41. The van der Waals surface area contributed by atoms with Crippen LogP contribution in [-0.4, -0.2) is 13.0 Å². The maximum atomic E-state index is 11.8. The zero-order valence-electron chi connectivity index (χ0n) is 13.6. The van der Waals surface area contributed by atoms with E-state index >= 15 is 0 Å². The summed E-state index contributed by atoms with van der Waals surface area (Å²) in [5.74, 6) is 0.864. The highest BCUT2D eigenvalue weighted by Gasteiger charge is 2.22. The molecule has 0 saturated heterocycles. The lowest BCUT2D eigenvalue weighted by molar-refractivity contribution is -0.116. The summed E-state index contributed by atoms with van der Waals surface area (Å²) >= 11 is 0. The average molecular weight is 310 g/mol. The van der Waals surface area contributed by atoms with E-state index in [0.29, 0.717) is 6.42 Å². The summed E-state index contributed by atoms with van der Waals surface area (Å²) in [5.41, 5.74) is 11.8. The molecular weight excluding hydrogens is 288 g/mol. The van der Waals surface area contributed by atoms with Gasteiger partial charge in [-0.1, -0.05) is 31.2 Å². The standard InChI is InChI=1S/C19H22N2O2/c1-3-12-10-14-6-9-17(22)21-19(14)16(11-12)18(20)13-4-7-15(23-2)8-5-13/h4-5,7-8,10-11,18H,3,6,9,20H2,1-2H3,(H,21,22). The maximum absolute atomic E-state index is 11.8. The third kappa shape index (κ3) is 3.08. The van der Waals surface area contributed by atoms with Crippen molar-refractivity contribution in [3.63, 3.8) is 0 Å². The highest BCUT2D eigenvalue weighted by atomic mass is 16.5. The summed E-state index contributed by atoms with van der Waals surface area (Å²) in [6.07, 6.45) is 2.26. The van der Waals surface area contributed by atoms with Crippen LogP contribution in [0.2, 0.25) is 0 Å². The van der Waals surface area contributed by atoms with Gasteiger partial charge in [-0.25, -0.2) is 0 Å². The lowest BCUT2D eigenvalue weighted by Crippen LogP contribution is -2.23. The minimum atomic E-state index is -0.278. The summed E-state index contributed by atoms with van der Waals surface area (Å²) in [6.45, 7) is 2.13. The van der Waals surface area contributed by atoms with E-state index in [1.807, 2.05) is 24.3 Å². The van der Waals surface area contributed by atoms with Gasteiger partial charge in [0.15, 0.2) is 0 Å². The molecule has 0 fully saturated rings. The van der Waals surface area contributed by atoms with E-state index in [1.54, 1.807) is 7.11 Å². The highest BCUT2D eigenvalue weighted by Crippen LogP contribution is 2.34. The monoisotopic (exact) mass is 310 g/mol. The first kappa shape index (κ1) is 15.6. The van der Waals surface area contributed by atoms with E-state index in [9.17, 15) is 4.79 Å². The average Bonchev–Trinajstić information content (AvgIpc) is 2.60. The number of nitrogens with two attached hydrogens (primary N) is 1. The Morgan fingerprint density at radius 2 is 1.96 bits per heavy atom. The van der Waals surface area contributed by atoms with Crippen molar-refractivity contribution in [1.29, 1.82) is 0 Å². The van der Waals surface area contributed by atoms with Crippen molar-refractivity contribution in [2.75, 3.05) is 12.4 Å². The molecule has 2 aromatic carbocycles. The van der Waals surface area contributed by atoms with Crippen LogP contribution in [-0.2, 0) is 17.6 Å². The van der Waals surface area contributed by atoms with Gasteiger partial charge in [-0.15, -0.1) is 0 Å². The molecule has 1 heterocycles. The smallest absolute Gasteiger partial charge is 0.224 e. The first-order valence-electron chi connectivity index (χ1n) is 7.97. The molecule has 3 rings (SSSR count). The van der Waals surface area contributed by atoms with Crippen LogP contribution in [0.5, 0.6) is 5.75 Å². The summed E-state index contributed by atoms with van der Waals surface area (Å²) in [7, 11) is 1.64. The number of carbonyl (C=O) groups is 1. The van der Waals surface area contributed by atoms with Crippen molar-refractivity contribution in [1.82, 2.24) is 0 Å². The predicted molar refractivity (Wildman–Crippen MR) is 91.8 cm³/mol. The molecule has 1 aliphatic rings. The number of rotatable bonds is 4. The molecule has 1 aliphatic heterocycles. The Labute approximate surface area is 136 Å². The number of aryl methyl sites for hydroxylation is 2. The van der Waals surface area contributed by atoms with Crippen molar-refractivity contribution in [3.05, 3.63) is 58.7 Å². The molecular formula is C19H22N2O2. The highest BCUT2D eigenvalue weighted by molar-refractivity contribution is 5.95. The molecule has 1 atom stereocenters. The minimum Gasteiger partial charge on any atom is -0.497 e. The Balaban J connectivity index is 2.04. The largest absolute Gasteiger partial charge is 0.497 e. The second-order valence-corrected chi connectivity index (χ2v) is 5.87. The van der Waals surface area contributed by atoms with Crippen LogP contribution in [0.1, 0.15) is 41.6 Å². The van der Waals surface area contributed by atoms with Gasteiger partial charge in [-0.2, -0.15) is 0 Å². The second kappa shape index (κ2) is 6.42. The van der Waals surface area contributed by atoms with E-state index in [0.717, 1.165) is 35.4 Å². The lowest BCUT2D eigenvalue weighted by atomic mass is 9.89. The molecule has 2 aromatic rings. The summed E-state index contributed by atoms with van der Waals surface area (Å²) in [4.78, 5) is 11.8. The van der Waals surface area contributed by atoms with Gasteiger partial charge in [0.1, 0.15) is 5.75 Å². The van der Waals surface area contributed by atoms with Crippen molar-refractivity contribution < 1.29 is 9.53 Å². The van der Waals surface area contributed by atoms with Gasteiger partial charge in [-0.3, -0.25) is 4.79 Å². The first-order chi connectivity index (χ1) is 11.1. The number of ether oxygens (including phenoxy) is 1. The van der Waals surface area contributed by atoms with E-state index in [2.05, 4.69) is 24.4 Å². The Bertz CT molecular complexity index is 723. The van der Waals surface area contributed by atoms with E-state index in [-0.39, 0.29) is 11.9 Å². The van der Waals surface area contributed by atoms with Gasteiger partial charge in [-0.05, 0) is 47.2 Å². The molecule has 0 aliphatic carbocycles. The minimum absolute atomic E-state index is 0.0601. The first-order valence-corrected chi connectivity index (χ1v) is 7.97. The van der Waals surface area contributed by atoms with Gasteiger partial charge in [0.2, 0.25) is 5.91 Å². The molecule has 4 nitrogen and oxygen atoms in total. The Kier molecular flexibility index (Phi) is 4.35. The number of amides is 1. The Hall–Kier alpha value is -2.33. The normalized spacial score (nSPS) is 14.8. The molecule has 4 heteroatoms. The lowest BCUT2D eigenvalue weighted by Gasteiger charge is -2.25. The maximum Gasteiger partial charge on any atom is 0.224 e. The van der Waals surface area contributed by atoms with Gasteiger partial charge < -0.3 is 15.8 Å². The van der Waals surface area contributed by atoms with E-state index in [4.69, 9.17) is 10.5 Å². The Morgan fingerprint density at radius 1 is 1.22 bits per heavy atom. The van der Waals surface area contributed by atoms with Gasteiger partial charge in [0.05, 0.1) is 13.2 Å². The van der Waals surface area contributed by atoms with Crippen LogP contribution >= 0.6 is 0 Å². The SMILES string of the molecule is CCc1cc2c(c(C(N)c3ccc(OC)cc3)c1)NC(=O)CC2. The third-order valence-corrected chi connectivity index (χ3v) is 4.41.